The summed E-state index contributed by atoms with van der Waals surface area (Å²) in [5, 5.41) is 9.97. The molecule has 6 nitrogen and oxygen atoms in total. The molecule has 28 heavy (non-hydrogen) atoms. The lowest BCUT2D eigenvalue weighted by Gasteiger charge is -2.18. The van der Waals surface area contributed by atoms with Gasteiger partial charge in [-0.3, -0.25) is 14.9 Å². The van der Waals surface area contributed by atoms with Gasteiger partial charge >= 0.3 is 0 Å². The van der Waals surface area contributed by atoms with Crippen molar-refractivity contribution in [3.05, 3.63) is 44.7 Å². The summed E-state index contributed by atoms with van der Waals surface area (Å²) in [6, 6.07) is 3.62. The van der Waals surface area contributed by atoms with Crippen molar-refractivity contribution in [2.24, 2.45) is 5.92 Å². The number of hydrogen-bond donors (Lipinski definition) is 2. The van der Waals surface area contributed by atoms with Crippen molar-refractivity contribution in [1.29, 1.82) is 0 Å². The SMILES string of the molecule is CC(=O)NCc1ccc(-c2csc(NC(=O)c3csc4c3CCC(C)C4)n2)o1. The molecule has 2 amide bonds. The van der Waals surface area contributed by atoms with Gasteiger partial charge < -0.3 is 9.73 Å². The first kappa shape index (κ1) is 18.9. The molecule has 0 aliphatic heterocycles. The number of nitrogens with one attached hydrogen (secondary N) is 2. The van der Waals surface area contributed by atoms with Gasteiger partial charge in [0.25, 0.3) is 5.91 Å². The molecule has 2 N–H and O–H groups in total. The molecule has 4 rings (SSSR count). The Morgan fingerprint density at radius 1 is 1.29 bits per heavy atom. The van der Waals surface area contributed by atoms with Gasteiger partial charge in [0, 0.05) is 22.6 Å². The number of nitrogens with zero attached hydrogens (tertiary/aromatic N) is 1. The standard InChI is InChI=1S/C20H21N3O3S2/c1-11-3-5-14-15(9-27-18(14)7-11)19(25)23-20-22-16(10-28-20)17-6-4-13(26-17)8-21-12(2)24/h4,6,9-11H,3,5,7-8H2,1-2H3,(H,21,24)(H,22,23,25). The van der Waals surface area contributed by atoms with Crippen molar-refractivity contribution in [1.82, 2.24) is 10.3 Å². The van der Waals surface area contributed by atoms with Gasteiger partial charge in [0.1, 0.15) is 11.5 Å². The van der Waals surface area contributed by atoms with Crippen LogP contribution in [0.3, 0.4) is 0 Å². The Morgan fingerprint density at radius 3 is 2.96 bits per heavy atom. The highest BCUT2D eigenvalue weighted by molar-refractivity contribution is 7.14. The van der Waals surface area contributed by atoms with Crippen LogP contribution >= 0.6 is 22.7 Å². The lowest BCUT2D eigenvalue weighted by molar-refractivity contribution is -0.119. The molecule has 0 bridgehead atoms. The first-order valence-corrected chi connectivity index (χ1v) is 10.9. The van der Waals surface area contributed by atoms with Gasteiger partial charge in [-0.15, -0.1) is 22.7 Å². The lowest BCUT2D eigenvalue weighted by Crippen LogP contribution is -2.18. The molecular formula is C20H21N3O3S2. The molecule has 3 heterocycles. The minimum absolute atomic E-state index is 0.0984. The van der Waals surface area contributed by atoms with E-state index in [0.29, 0.717) is 34.8 Å². The molecule has 1 unspecified atom stereocenters. The molecule has 0 spiro atoms. The van der Waals surface area contributed by atoms with E-state index in [1.165, 1.54) is 28.7 Å². The Hall–Kier alpha value is -2.45. The zero-order valence-corrected chi connectivity index (χ0v) is 17.3. The Balaban J connectivity index is 1.44. The number of thiophene rings is 1. The number of carbonyl (C=O) groups excluding carboxylic acids is 2. The first-order valence-electron chi connectivity index (χ1n) is 9.19. The Bertz CT molecular complexity index is 1020. The average molecular weight is 416 g/mol. The van der Waals surface area contributed by atoms with E-state index in [1.807, 2.05) is 22.9 Å². The van der Waals surface area contributed by atoms with Crippen LogP contribution in [-0.2, 0) is 24.2 Å². The topological polar surface area (TPSA) is 84.2 Å². The molecule has 0 saturated heterocycles. The van der Waals surface area contributed by atoms with Crippen molar-refractivity contribution >= 4 is 39.6 Å². The quantitative estimate of drug-likeness (QED) is 0.644. The number of aromatic nitrogens is 1. The van der Waals surface area contributed by atoms with Crippen LogP contribution in [0.25, 0.3) is 11.5 Å². The molecule has 1 aliphatic carbocycles. The molecule has 8 heteroatoms. The Kier molecular flexibility index (Phi) is 5.32. The molecule has 0 saturated carbocycles. The summed E-state index contributed by atoms with van der Waals surface area (Å²) < 4.78 is 5.71. The molecule has 1 atom stereocenters. The Morgan fingerprint density at radius 2 is 2.14 bits per heavy atom. The molecule has 3 aromatic rings. The number of rotatable bonds is 5. The number of thiazole rings is 1. The maximum absolute atomic E-state index is 12.7. The summed E-state index contributed by atoms with van der Waals surface area (Å²) in [5.74, 6) is 1.75. The molecule has 3 aromatic heterocycles. The number of amides is 2. The van der Waals surface area contributed by atoms with E-state index in [0.717, 1.165) is 24.8 Å². The number of anilines is 1. The fraction of sp³-hybridized carbons (Fsp3) is 0.350. The summed E-state index contributed by atoms with van der Waals surface area (Å²) in [6.45, 7) is 4.06. The highest BCUT2D eigenvalue weighted by atomic mass is 32.1. The van der Waals surface area contributed by atoms with Gasteiger partial charge in [0.05, 0.1) is 12.1 Å². The lowest BCUT2D eigenvalue weighted by atomic mass is 9.88. The highest BCUT2D eigenvalue weighted by Gasteiger charge is 2.23. The fourth-order valence-corrected chi connectivity index (χ4v) is 5.24. The van der Waals surface area contributed by atoms with Crippen molar-refractivity contribution in [2.45, 2.75) is 39.7 Å². The maximum Gasteiger partial charge on any atom is 0.258 e. The predicted molar refractivity (Wildman–Crippen MR) is 111 cm³/mol. The molecule has 0 fully saturated rings. The number of hydrogen-bond acceptors (Lipinski definition) is 6. The van der Waals surface area contributed by atoms with E-state index < -0.39 is 0 Å². The fourth-order valence-electron chi connectivity index (χ4n) is 3.30. The second-order valence-electron chi connectivity index (χ2n) is 7.07. The van der Waals surface area contributed by atoms with Crippen LogP contribution in [0.1, 0.15) is 46.8 Å². The number of fused-ring (bicyclic) bond motifs is 1. The minimum Gasteiger partial charge on any atom is -0.458 e. The third-order valence-corrected chi connectivity index (χ3v) is 6.61. The van der Waals surface area contributed by atoms with Gasteiger partial charge in [-0.2, -0.15) is 0 Å². The van der Waals surface area contributed by atoms with E-state index in [2.05, 4.69) is 22.5 Å². The predicted octanol–water partition coefficient (Wildman–Crippen LogP) is 4.48. The van der Waals surface area contributed by atoms with Crippen LogP contribution < -0.4 is 10.6 Å². The summed E-state index contributed by atoms with van der Waals surface area (Å²) in [4.78, 5) is 29.5. The van der Waals surface area contributed by atoms with Crippen LogP contribution in [0.5, 0.6) is 0 Å². The van der Waals surface area contributed by atoms with Crippen LogP contribution in [0.4, 0.5) is 5.13 Å². The monoisotopic (exact) mass is 415 g/mol. The molecule has 1 aliphatic rings. The van der Waals surface area contributed by atoms with Crippen LogP contribution in [0.15, 0.2) is 27.3 Å². The van der Waals surface area contributed by atoms with Gasteiger partial charge in [0.2, 0.25) is 5.91 Å². The smallest absolute Gasteiger partial charge is 0.258 e. The Labute approximate surface area is 171 Å². The van der Waals surface area contributed by atoms with E-state index in [4.69, 9.17) is 4.42 Å². The van der Waals surface area contributed by atoms with E-state index in [1.54, 1.807) is 11.3 Å². The zero-order chi connectivity index (χ0) is 19.7. The molecule has 0 aromatic carbocycles. The second kappa shape index (κ2) is 7.89. The second-order valence-corrected chi connectivity index (χ2v) is 8.89. The number of furan rings is 1. The van der Waals surface area contributed by atoms with Gasteiger partial charge in [0.15, 0.2) is 10.9 Å². The third-order valence-electron chi connectivity index (χ3n) is 4.80. The molecular weight excluding hydrogens is 394 g/mol. The van der Waals surface area contributed by atoms with Crippen LogP contribution in [0, 0.1) is 5.92 Å². The van der Waals surface area contributed by atoms with Gasteiger partial charge in [-0.1, -0.05) is 6.92 Å². The normalized spacial score (nSPS) is 15.9. The molecule has 0 radical (unpaired) electrons. The van der Waals surface area contributed by atoms with E-state index in [-0.39, 0.29) is 11.8 Å². The summed E-state index contributed by atoms with van der Waals surface area (Å²) in [5.41, 5.74) is 2.64. The third kappa shape index (κ3) is 4.02. The van der Waals surface area contributed by atoms with Gasteiger partial charge in [-0.25, -0.2) is 4.98 Å². The van der Waals surface area contributed by atoms with Crippen molar-refractivity contribution in [3.63, 3.8) is 0 Å². The largest absolute Gasteiger partial charge is 0.458 e. The summed E-state index contributed by atoms with van der Waals surface area (Å²) in [7, 11) is 0. The van der Waals surface area contributed by atoms with Crippen molar-refractivity contribution < 1.29 is 14.0 Å². The van der Waals surface area contributed by atoms with Crippen molar-refractivity contribution in [3.8, 4) is 11.5 Å². The summed E-state index contributed by atoms with van der Waals surface area (Å²) >= 11 is 3.05. The zero-order valence-electron chi connectivity index (χ0n) is 15.7. The van der Waals surface area contributed by atoms with E-state index >= 15 is 0 Å². The highest BCUT2D eigenvalue weighted by Crippen LogP contribution is 2.33. The molecule has 146 valence electrons. The van der Waals surface area contributed by atoms with Gasteiger partial charge in [-0.05, 0) is 42.9 Å². The maximum atomic E-state index is 12.7. The van der Waals surface area contributed by atoms with Crippen LogP contribution in [0.2, 0.25) is 0 Å². The number of carbonyl (C=O) groups is 2. The minimum atomic E-state index is -0.110. The van der Waals surface area contributed by atoms with E-state index in [9.17, 15) is 9.59 Å². The average Bonchev–Trinajstić information content (AvgIpc) is 3.38. The first-order chi connectivity index (χ1) is 13.5. The van der Waals surface area contributed by atoms with Crippen molar-refractivity contribution in [2.75, 3.05) is 5.32 Å². The summed E-state index contributed by atoms with van der Waals surface area (Å²) in [6.07, 6.45) is 3.16. The van der Waals surface area contributed by atoms with Crippen LogP contribution in [-0.4, -0.2) is 16.8 Å².